The molecule has 2 heterocycles. The van der Waals surface area contributed by atoms with Crippen molar-refractivity contribution in [2.45, 2.75) is 31.0 Å². The minimum absolute atomic E-state index is 0.0492. The van der Waals surface area contributed by atoms with Crippen molar-refractivity contribution in [2.75, 3.05) is 12.3 Å². The van der Waals surface area contributed by atoms with E-state index in [-0.39, 0.29) is 5.82 Å². The number of nitrogen functional groups attached to an aromatic ring is 1. The summed E-state index contributed by atoms with van der Waals surface area (Å²) in [4.78, 5) is 15.2. The quantitative estimate of drug-likeness (QED) is 0.474. The molecule has 4 atom stereocenters. The van der Waals surface area contributed by atoms with E-state index < -0.39 is 36.3 Å². The molecule has 1 aromatic rings. The van der Waals surface area contributed by atoms with Crippen LogP contribution in [0.2, 0.25) is 0 Å². The number of hydrogen-bond acceptors (Lipinski definition) is 7. The maximum absolute atomic E-state index is 11.7. The first kappa shape index (κ1) is 13.0. The van der Waals surface area contributed by atoms with Crippen LogP contribution in [0, 0.1) is 0 Å². The average molecular weight is 257 g/mol. The highest BCUT2D eigenvalue weighted by Crippen LogP contribution is 2.37. The lowest BCUT2D eigenvalue weighted by molar-refractivity contribution is -0.0986. The fourth-order valence-corrected chi connectivity index (χ4v) is 1.99. The van der Waals surface area contributed by atoms with Crippen LogP contribution in [0.5, 0.6) is 0 Å². The standard InChI is InChI=1S/C10H15N3O5/c1-10(17)7(15)5(4-14)18-8(10)13-3-2-6(11)12-9(13)16/h2-3,5,7-8,14-15,17H,4H2,1H3,(H2,11,12,16)/t5?,7?,8-,10+/m1/s1. The molecule has 1 fully saturated rings. The van der Waals surface area contributed by atoms with Crippen molar-refractivity contribution >= 4 is 5.82 Å². The molecular formula is C10H15N3O5. The molecule has 8 nitrogen and oxygen atoms in total. The first-order valence-electron chi connectivity index (χ1n) is 5.39. The first-order valence-corrected chi connectivity index (χ1v) is 5.39. The van der Waals surface area contributed by atoms with E-state index in [1.165, 1.54) is 19.2 Å². The minimum Gasteiger partial charge on any atom is -0.394 e. The zero-order chi connectivity index (χ0) is 13.5. The predicted octanol–water partition coefficient (Wildman–Crippen LogP) is -2.17. The van der Waals surface area contributed by atoms with E-state index in [2.05, 4.69) is 4.98 Å². The molecule has 8 heteroatoms. The number of aliphatic hydroxyl groups is 3. The van der Waals surface area contributed by atoms with Crippen LogP contribution in [0.3, 0.4) is 0 Å². The summed E-state index contributed by atoms with van der Waals surface area (Å²) in [6.45, 7) is 0.853. The fraction of sp³-hybridized carbons (Fsp3) is 0.600. The molecule has 1 aliphatic rings. The van der Waals surface area contributed by atoms with Crippen LogP contribution < -0.4 is 11.4 Å². The first-order chi connectivity index (χ1) is 8.37. The van der Waals surface area contributed by atoms with Gasteiger partial charge in [0.15, 0.2) is 6.23 Å². The van der Waals surface area contributed by atoms with Crippen molar-refractivity contribution in [1.82, 2.24) is 9.55 Å². The summed E-state index contributed by atoms with van der Waals surface area (Å²) in [7, 11) is 0. The van der Waals surface area contributed by atoms with Gasteiger partial charge in [-0.05, 0) is 13.0 Å². The Kier molecular flexibility index (Phi) is 3.11. The second kappa shape index (κ2) is 4.32. The van der Waals surface area contributed by atoms with Gasteiger partial charge in [-0.15, -0.1) is 0 Å². The van der Waals surface area contributed by atoms with Crippen LogP contribution in [0.4, 0.5) is 5.82 Å². The largest absolute Gasteiger partial charge is 0.394 e. The monoisotopic (exact) mass is 257 g/mol. The molecule has 18 heavy (non-hydrogen) atoms. The molecule has 0 aliphatic carbocycles. The average Bonchev–Trinajstić information content (AvgIpc) is 2.52. The van der Waals surface area contributed by atoms with Crippen molar-refractivity contribution in [1.29, 1.82) is 0 Å². The number of nitrogens with zero attached hydrogens (tertiary/aromatic N) is 2. The third kappa shape index (κ3) is 1.89. The summed E-state index contributed by atoms with van der Waals surface area (Å²) in [6.07, 6.45) is -2.09. The van der Waals surface area contributed by atoms with Gasteiger partial charge in [-0.3, -0.25) is 4.57 Å². The van der Waals surface area contributed by atoms with Gasteiger partial charge in [-0.2, -0.15) is 4.98 Å². The van der Waals surface area contributed by atoms with Gasteiger partial charge in [0.2, 0.25) is 0 Å². The number of aliphatic hydroxyl groups excluding tert-OH is 2. The zero-order valence-corrected chi connectivity index (χ0v) is 9.72. The zero-order valence-electron chi connectivity index (χ0n) is 9.72. The summed E-state index contributed by atoms with van der Waals surface area (Å²) in [5.41, 5.74) is 2.94. The molecule has 1 aliphatic heterocycles. The summed E-state index contributed by atoms with van der Waals surface area (Å²) in [6, 6.07) is 1.37. The maximum Gasteiger partial charge on any atom is 0.351 e. The van der Waals surface area contributed by atoms with E-state index in [9.17, 15) is 15.0 Å². The molecule has 0 spiro atoms. The van der Waals surface area contributed by atoms with Crippen molar-refractivity contribution in [2.24, 2.45) is 0 Å². The molecule has 0 radical (unpaired) electrons. The Morgan fingerprint density at radius 3 is 2.83 bits per heavy atom. The SMILES string of the molecule is C[C@]1(O)C(O)C(CO)O[C@H]1n1ccc(N)nc1=O. The number of nitrogens with two attached hydrogens (primary N) is 1. The Bertz CT molecular complexity index is 501. The fourth-order valence-electron chi connectivity index (χ4n) is 1.99. The van der Waals surface area contributed by atoms with Crippen molar-refractivity contribution in [3.05, 3.63) is 22.7 Å². The van der Waals surface area contributed by atoms with E-state index in [1.54, 1.807) is 0 Å². The van der Waals surface area contributed by atoms with Crippen molar-refractivity contribution in [3.8, 4) is 0 Å². The smallest absolute Gasteiger partial charge is 0.351 e. The van der Waals surface area contributed by atoms with E-state index >= 15 is 0 Å². The molecule has 2 unspecified atom stereocenters. The van der Waals surface area contributed by atoms with Gasteiger partial charge < -0.3 is 25.8 Å². The number of hydrogen-bond donors (Lipinski definition) is 4. The normalized spacial score (nSPS) is 35.9. The topological polar surface area (TPSA) is 131 Å². The summed E-state index contributed by atoms with van der Waals surface area (Å²) in [5.74, 6) is 0.0492. The van der Waals surface area contributed by atoms with E-state index in [4.69, 9.17) is 15.6 Å². The lowest BCUT2D eigenvalue weighted by Crippen LogP contribution is -2.46. The minimum atomic E-state index is -1.71. The number of anilines is 1. The Hall–Kier alpha value is -1.48. The van der Waals surface area contributed by atoms with Crippen molar-refractivity contribution in [3.63, 3.8) is 0 Å². The molecule has 1 saturated heterocycles. The van der Waals surface area contributed by atoms with Gasteiger partial charge in [-0.1, -0.05) is 0 Å². The number of ether oxygens (including phenoxy) is 1. The van der Waals surface area contributed by atoms with Crippen LogP contribution >= 0.6 is 0 Å². The molecule has 0 aromatic carbocycles. The van der Waals surface area contributed by atoms with Crippen LogP contribution in [0.25, 0.3) is 0 Å². The molecule has 1 aromatic heterocycles. The second-order valence-electron chi connectivity index (χ2n) is 4.42. The molecule has 2 rings (SSSR count). The van der Waals surface area contributed by atoms with Gasteiger partial charge in [0.25, 0.3) is 0 Å². The molecular weight excluding hydrogens is 242 g/mol. The lowest BCUT2D eigenvalue weighted by atomic mass is 9.96. The maximum atomic E-state index is 11.7. The van der Waals surface area contributed by atoms with E-state index in [1.807, 2.05) is 0 Å². The highest BCUT2D eigenvalue weighted by Gasteiger charge is 2.53. The summed E-state index contributed by atoms with van der Waals surface area (Å²) < 4.78 is 6.30. The van der Waals surface area contributed by atoms with Crippen LogP contribution in [0.15, 0.2) is 17.1 Å². The van der Waals surface area contributed by atoms with Gasteiger partial charge in [0.1, 0.15) is 23.6 Å². The van der Waals surface area contributed by atoms with Gasteiger partial charge in [-0.25, -0.2) is 4.79 Å². The van der Waals surface area contributed by atoms with Crippen LogP contribution in [0.1, 0.15) is 13.2 Å². The van der Waals surface area contributed by atoms with Crippen molar-refractivity contribution < 1.29 is 20.1 Å². The Labute approximate surface area is 102 Å². The van der Waals surface area contributed by atoms with Gasteiger partial charge in [0, 0.05) is 6.20 Å². The molecule has 5 N–H and O–H groups in total. The third-order valence-corrected chi connectivity index (χ3v) is 3.04. The third-order valence-electron chi connectivity index (χ3n) is 3.04. The highest BCUT2D eigenvalue weighted by atomic mass is 16.6. The number of rotatable bonds is 2. The predicted molar refractivity (Wildman–Crippen MR) is 60.5 cm³/mol. The Morgan fingerprint density at radius 1 is 1.67 bits per heavy atom. The Morgan fingerprint density at radius 2 is 2.33 bits per heavy atom. The van der Waals surface area contributed by atoms with E-state index in [0.717, 1.165) is 4.57 Å². The summed E-state index contributed by atoms with van der Waals surface area (Å²) >= 11 is 0. The second-order valence-corrected chi connectivity index (χ2v) is 4.42. The highest BCUT2D eigenvalue weighted by molar-refractivity contribution is 5.23. The van der Waals surface area contributed by atoms with Crippen LogP contribution in [-0.2, 0) is 4.74 Å². The Balaban J connectivity index is 2.42. The lowest BCUT2D eigenvalue weighted by Gasteiger charge is -2.27. The summed E-state index contributed by atoms with van der Waals surface area (Å²) in [5, 5.41) is 29.0. The van der Waals surface area contributed by atoms with E-state index in [0.29, 0.717) is 0 Å². The number of aromatic nitrogens is 2. The van der Waals surface area contributed by atoms with Gasteiger partial charge >= 0.3 is 5.69 Å². The van der Waals surface area contributed by atoms with Gasteiger partial charge in [0.05, 0.1) is 6.61 Å². The van der Waals surface area contributed by atoms with Crippen LogP contribution in [-0.4, -0.2) is 49.3 Å². The molecule has 0 amide bonds. The molecule has 0 saturated carbocycles. The molecule has 100 valence electrons. The molecule has 0 bridgehead atoms.